The predicted octanol–water partition coefficient (Wildman–Crippen LogP) is 3.24. The van der Waals surface area contributed by atoms with Crippen LogP contribution in [-0.2, 0) is 11.2 Å². The van der Waals surface area contributed by atoms with E-state index in [2.05, 4.69) is 10.3 Å². The summed E-state index contributed by atoms with van der Waals surface area (Å²) in [6, 6.07) is 8.71. The first-order chi connectivity index (χ1) is 11.4. The number of carbonyl (C=O) groups is 2. The molecule has 0 aliphatic rings. The van der Waals surface area contributed by atoms with Crippen molar-refractivity contribution in [2.24, 2.45) is 5.73 Å². The van der Waals surface area contributed by atoms with E-state index in [-0.39, 0.29) is 23.7 Å². The zero-order valence-electron chi connectivity index (χ0n) is 12.4. The van der Waals surface area contributed by atoms with Crippen molar-refractivity contribution in [1.29, 1.82) is 0 Å². The van der Waals surface area contributed by atoms with E-state index in [1.54, 1.807) is 12.3 Å². The number of fused-ring (bicyclic) bond motifs is 1. The minimum Gasteiger partial charge on any atom is -0.366 e. The van der Waals surface area contributed by atoms with Gasteiger partial charge in [-0.05, 0) is 42.0 Å². The molecule has 1 heterocycles. The summed E-state index contributed by atoms with van der Waals surface area (Å²) in [5, 5.41) is 3.72. The van der Waals surface area contributed by atoms with Crippen molar-refractivity contribution in [3.8, 4) is 0 Å². The summed E-state index contributed by atoms with van der Waals surface area (Å²) in [5.41, 5.74) is 7.12. The van der Waals surface area contributed by atoms with Gasteiger partial charge in [0, 0.05) is 22.7 Å². The summed E-state index contributed by atoms with van der Waals surface area (Å²) >= 11 is 6.02. The maximum absolute atomic E-state index is 13.2. The van der Waals surface area contributed by atoms with Gasteiger partial charge in [-0.3, -0.25) is 9.59 Å². The fourth-order valence-electron chi connectivity index (χ4n) is 2.45. The zero-order valence-corrected chi connectivity index (χ0v) is 13.2. The van der Waals surface area contributed by atoms with Crippen molar-refractivity contribution < 1.29 is 14.0 Å². The van der Waals surface area contributed by atoms with Crippen molar-refractivity contribution >= 4 is 40.0 Å². The molecule has 0 aliphatic carbocycles. The van der Waals surface area contributed by atoms with E-state index in [1.807, 2.05) is 0 Å². The van der Waals surface area contributed by atoms with E-state index in [0.717, 1.165) is 10.9 Å². The summed E-state index contributed by atoms with van der Waals surface area (Å²) in [6.45, 7) is 0. The molecule has 122 valence electrons. The number of benzene rings is 2. The third-order valence-corrected chi connectivity index (χ3v) is 3.94. The molecular formula is C17H13ClFN3O2. The topological polar surface area (TPSA) is 88.0 Å². The van der Waals surface area contributed by atoms with E-state index in [1.165, 1.54) is 30.3 Å². The molecule has 0 bridgehead atoms. The Labute approximate surface area is 141 Å². The van der Waals surface area contributed by atoms with Crippen LogP contribution in [0, 0.1) is 5.82 Å². The van der Waals surface area contributed by atoms with Gasteiger partial charge >= 0.3 is 0 Å². The Hall–Kier alpha value is -2.86. The van der Waals surface area contributed by atoms with Gasteiger partial charge in [-0.2, -0.15) is 0 Å². The van der Waals surface area contributed by atoms with Gasteiger partial charge in [0.1, 0.15) is 5.82 Å². The molecule has 0 saturated carbocycles. The molecule has 0 aliphatic heterocycles. The number of hydrogen-bond donors (Lipinski definition) is 3. The number of hydrogen-bond acceptors (Lipinski definition) is 2. The zero-order chi connectivity index (χ0) is 17.3. The van der Waals surface area contributed by atoms with Crippen molar-refractivity contribution in [1.82, 2.24) is 4.98 Å². The molecule has 2 amide bonds. The van der Waals surface area contributed by atoms with E-state index in [9.17, 15) is 14.0 Å². The van der Waals surface area contributed by atoms with E-state index < -0.39 is 5.91 Å². The Bertz CT molecular complexity index is 952. The van der Waals surface area contributed by atoms with Crippen molar-refractivity contribution in [3.05, 3.63) is 64.6 Å². The van der Waals surface area contributed by atoms with Crippen LogP contribution in [0.15, 0.2) is 42.6 Å². The summed E-state index contributed by atoms with van der Waals surface area (Å²) in [5.74, 6) is -1.28. The summed E-state index contributed by atoms with van der Waals surface area (Å²) in [7, 11) is 0. The molecule has 0 unspecified atom stereocenters. The number of primary amides is 1. The Morgan fingerprint density at radius 3 is 2.75 bits per heavy atom. The molecule has 0 saturated heterocycles. The number of anilines is 1. The normalized spacial score (nSPS) is 10.8. The largest absolute Gasteiger partial charge is 0.366 e. The Morgan fingerprint density at radius 2 is 2.00 bits per heavy atom. The summed E-state index contributed by atoms with van der Waals surface area (Å²) < 4.78 is 13.2. The first-order valence-electron chi connectivity index (χ1n) is 7.09. The molecule has 1 aromatic heterocycles. The monoisotopic (exact) mass is 345 g/mol. The quantitative estimate of drug-likeness (QED) is 0.677. The van der Waals surface area contributed by atoms with E-state index in [4.69, 9.17) is 17.3 Å². The molecular weight excluding hydrogens is 333 g/mol. The van der Waals surface area contributed by atoms with Crippen LogP contribution >= 0.6 is 11.6 Å². The molecule has 5 nitrogen and oxygen atoms in total. The van der Waals surface area contributed by atoms with Gasteiger partial charge in [0.15, 0.2) is 0 Å². The number of aromatic nitrogens is 1. The molecule has 24 heavy (non-hydrogen) atoms. The van der Waals surface area contributed by atoms with E-state index >= 15 is 0 Å². The summed E-state index contributed by atoms with van der Waals surface area (Å²) in [4.78, 5) is 26.4. The minimum absolute atomic E-state index is 0.0722. The fourth-order valence-corrected chi connectivity index (χ4v) is 2.61. The Kier molecular flexibility index (Phi) is 4.22. The average molecular weight is 346 g/mol. The first kappa shape index (κ1) is 16.0. The highest BCUT2D eigenvalue weighted by atomic mass is 35.5. The second kappa shape index (κ2) is 6.33. The van der Waals surface area contributed by atoms with Crippen LogP contribution in [0.25, 0.3) is 10.9 Å². The molecule has 0 radical (unpaired) electrons. The van der Waals surface area contributed by atoms with Crippen LogP contribution in [-0.4, -0.2) is 16.8 Å². The molecule has 0 spiro atoms. The third kappa shape index (κ3) is 3.23. The van der Waals surface area contributed by atoms with Crippen molar-refractivity contribution in [2.75, 3.05) is 5.32 Å². The molecule has 0 atom stereocenters. The Morgan fingerprint density at radius 1 is 1.21 bits per heavy atom. The highest BCUT2D eigenvalue weighted by Gasteiger charge is 2.12. The first-order valence-corrected chi connectivity index (χ1v) is 7.46. The van der Waals surface area contributed by atoms with Gasteiger partial charge < -0.3 is 16.0 Å². The molecule has 3 aromatic rings. The van der Waals surface area contributed by atoms with E-state index in [0.29, 0.717) is 16.2 Å². The number of nitrogens with one attached hydrogen (secondary N) is 2. The van der Waals surface area contributed by atoms with Crippen LogP contribution < -0.4 is 11.1 Å². The number of rotatable bonds is 4. The molecule has 7 heteroatoms. The predicted molar refractivity (Wildman–Crippen MR) is 90.6 cm³/mol. The fraction of sp³-hybridized carbons (Fsp3) is 0.0588. The lowest BCUT2D eigenvalue weighted by Crippen LogP contribution is -2.16. The minimum atomic E-state index is -0.610. The van der Waals surface area contributed by atoms with Gasteiger partial charge in [0.25, 0.3) is 0 Å². The van der Waals surface area contributed by atoms with Crippen LogP contribution in [0.4, 0.5) is 10.1 Å². The lowest BCUT2D eigenvalue weighted by atomic mass is 10.1. The second-order valence-electron chi connectivity index (χ2n) is 5.29. The number of halogens is 2. The number of aromatic amines is 1. The summed E-state index contributed by atoms with van der Waals surface area (Å²) in [6.07, 6.45) is 1.73. The van der Waals surface area contributed by atoms with Gasteiger partial charge in [-0.15, -0.1) is 0 Å². The molecule has 2 aromatic carbocycles. The van der Waals surface area contributed by atoms with Gasteiger partial charge in [-0.25, -0.2) is 4.39 Å². The number of H-pyrrole nitrogens is 1. The average Bonchev–Trinajstić information content (AvgIpc) is 2.91. The standard InChI is InChI=1S/C17H13ClFN3O2/c18-13-4-1-9(17(20)24)5-15(13)22-16(23)6-10-8-21-14-7-11(19)2-3-12(10)14/h1-5,7-8,21H,6H2,(H2,20,24)(H,22,23). The maximum Gasteiger partial charge on any atom is 0.248 e. The lowest BCUT2D eigenvalue weighted by molar-refractivity contribution is -0.115. The lowest BCUT2D eigenvalue weighted by Gasteiger charge is -2.08. The third-order valence-electron chi connectivity index (χ3n) is 3.61. The molecule has 4 N–H and O–H groups in total. The van der Waals surface area contributed by atoms with Crippen LogP contribution in [0.1, 0.15) is 15.9 Å². The highest BCUT2D eigenvalue weighted by molar-refractivity contribution is 6.33. The van der Waals surface area contributed by atoms with Crippen LogP contribution in [0.5, 0.6) is 0 Å². The van der Waals surface area contributed by atoms with Crippen LogP contribution in [0.3, 0.4) is 0 Å². The van der Waals surface area contributed by atoms with Crippen molar-refractivity contribution in [3.63, 3.8) is 0 Å². The van der Waals surface area contributed by atoms with Gasteiger partial charge in [-0.1, -0.05) is 11.6 Å². The highest BCUT2D eigenvalue weighted by Crippen LogP contribution is 2.24. The van der Waals surface area contributed by atoms with Crippen molar-refractivity contribution in [2.45, 2.75) is 6.42 Å². The number of nitrogens with two attached hydrogens (primary N) is 1. The molecule has 3 rings (SSSR count). The van der Waals surface area contributed by atoms with Gasteiger partial charge in [0.2, 0.25) is 11.8 Å². The number of amides is 2. The molecule has 0 fully saturated rings. The maximum atomic E-state index is 13.2. The smallest absolute Gasteiger partial charge is 0.248 e. The SMILES string of the molecule is NC(=O)c1ccc(Cl)c(NC(=O)Cc2c[nH]c3cc(F)ccc23)c1. The Balaban J connectivity index is 1.80. The van der Waals surface area contributed by atoms with Gasteiger partial charge in [0.05, 0.1) is 17.1 Å². The van der Waals surface area contributed by atoms with Crippen LogP contribution in [0.2, 0.25) is 5.02 Å². The number of carbonyl (C=O) groups excluding carboxylic acids is 2. The second-order valence-corrected chi connectivity index (χ2v) is 5.69.